The van der Waals surface area contributed by atoms with Crippen LogP contribution in [-0.4, -0.2) is 22.4 Å². The quantitative estimate of drug-likeness (QED) is 0.409. The monoisotopic (exact) mass is 490 g/mol. The molecular weight excluding hydrogens is 456 g/mol. The van der Waals surface area contributed by atoms with E-state index < -0.39 is 6.04 Å². The number of ether oxygens (including phenoxy) is 2. The van der Waals surface area contributed by atoms with E-state index in [1.165, 1.54) is 4.57 Å². The lowest BCUT2D eigenvalue weighted by atomic mass is 10.0. The molecule has 36 heavy (non-hydrogen) atoms. The van der Waals surface area contributed by atoms with Gasteiger partial charge >= 0.3 is 0 Å². The van der Waals surface area contributed by atoms with Crippen LogP contribution in [0.5, 0.6) is 17.2 Å². The zero-order valence-electron chi connectivity index (χ0n) is 21.1. The van der Waals surface area contributed by atoms with Crippen molar-refractivity contribution in [3.8, 4) is 17.2 Å². The number of pyridine rings is 1. The molecular formula is C29H34N2O5. The van der Waals surface area contributed by atoms with Gasteiger partial charge in [-0.2, -0.15) is 0 Å². The topological polar surface area (TPSA) is 89.8 Å². The Bertz CT molecular complexity index is 1270. The Balaban J connectivity index is 1.65. The van der Waals surface area contributed by atoms with E-state index in [1.54, 1.807) is 13.1 Å². The third-order valence-electron chi connectivity index (χ3n) is 6.70. The molecule has 0 bridgehead atoms. The Hall–Kier alpha value is -3.74. The van der Waals surface area contributed by atoms with Gasteiger partial charge in [0, 0.05) is 18.2 Å². The number of nitrogens with zero attached hydrogens (tertiary/aromatic N) is 1. The van der Waals surface area contributed by atoms with Crippen LogP contribution in [-0.2, 0) is 11.2 Å². The first kappa shape index (κ1) is 25.4. The van der Waals surface area contributed by atoms with Crippen molar-refractivity contribution >= 4 is 5.91 Å². The van der Waals surface area contributed by atoms with Gasteiger partial charge in [0.15, 0.2) is 11.5 Å². The molecule has 3 aromatic rings. The van der Waals surface area contributed by atoms with E-state index in [9.17, 15) is 14.7 Å². The van der Waals surface area contributed by atoms with Gasteiger partial charge < -0.3 is 24.5 Å². The van der Waals surface area contributed by atoms with E-state index in [4.69, 9.17) is 9.47 Å². The molecule has 190 valence electrons. The highest BCUT2D eigenvalue weighted by molar-refractivity contribution is 5.81. The standard InChI is InChI=1S/C29H34N2O5/c1-4-6-12-24(28(33)30-23(5-2)21-13-14-25-26(16-21)36-18-35-25)31-17-19(3)27(32)22(29(31)34)15-20-10-8-7-9-11-20/h7-11,13-14,16-17,23-24,32H,4-6,12,15,18H2,1-3H3,(H,30,33)/t23-,24?/m0/s1. The van der Waals surface area contributed by atoms with Crippen LogP contribution in [0.15, 0.2) is 59.5 Å². The van der Waals surface area contributed by atoms with Crippen LogP contribution in [0.2, 0.25) is 0 Å². The summed E-state index contributed by atoms with van der Waals surface area (Å²) in [6.07, 6.45) is 4.78. The van der Waals surface area contributed by atoms with Crippen molar-refractivity contribution in [1.29, 1.82) is 0 Å². The zero-order chi connectivity index (χ0) is 25.7. The number of aryl methyl sites for hydroxylation is 1. The lowest BCUT2D eigenvalue weighted by Gasteiger charge is -2.25. The molecule has 7 heteroatoms. The maximum atomic E-state index is 13.7. The van der Waals surface area contributed by atoms with Gasteiger partial charge in [0.1, 0.15) is 11.8 Å². The number of hydrogen-bond donors (Lipinski definition) is 2. The maximum Gasteiger partial charge on any atom is 0.258 e. The predicted molar refractivity (Wildman–Crippen MR) is 139 cm³/mol. The van der Waals surface area contributed by atoms with Crippen LogP contribution in [0.3, 0.4) is 0 Å². The van der Waals surface area contributed by atoms with Gasteiger partial charge in [-0.25, -0.2) is 0 Å². The molecule has 1 amide bonds. The third-order valence-corrected chi connectivity index (χ3v) is 6.70. The van der Waals surface area contributed by atoms with Gasteiger partial charge in [0.05, 0.1) is 11.6 Å². The summed E-state index contributed by atoms with van der Waals surface area (Å²) in [5, 5.41) is 13.9. The molecule has 1 unspecified atom stereocenters. The van der Waals surface area contributed by atoms with Crippen LogP contribution in [0.25, 0.3) is 0 Å². The number of fused-ring (bicyclic) bond motifs is 1. The average Bonchev–Trinajstić information content (AvgIpc) is 3.37. The van der Waals surface area contributed by atoms with E-state index in [0.717, 1.165) is 24.0 Å². The van der Waals surface area contributed by atoms with E-state index in [1.807, 2.05) is 55.5 Å². The summed E-state index contributed by atoms with van der Waals surface area (Å²) in [5.74, 6) is 1.13. The molecule has 0 saturated heterocycles. The molecule has 0 aliphatic carbocycles. The smallest absolute Gasteiger partial charge is 0.258 e. The molecule has 0 radical (unpaired) electrons. The highest BCUT2D eigenvalue weighted by Gasteiger charge is 2.27. The molecule has 0 fully saturated rings. The SMILES string of the molecule is CCCCC(C(=O)N[C@@H](CC)c1ccc2c(c1)OCO2)n1cc(C)c(O)c(Cc2ccccc2)c1=O. The molecule has 1 aliphatic heterocycles. The molecule has 0 spiro atoms. The predicted octanol–water partition coefficient (Wildman–Crippen LogP) is 5.18. The van der Waals surface area contributed by atoms with Crippen molar-refractivity contribution in [3.05, 3.63) is 87.3 Å². The van der Waals surface area contributed by atoms with Crippen LogP contribution >= 0.6 is 0 Å². The fraction of sp³-hybridized carbons (Fsp3) is 0.379. The molecule has 0 saturated carbocycles. The number of hydrogen-bond acceptors (Lipinski definition) is 5. The number of carbonyl (C=O) groups is 1. The number of rotatable bonds is 10. The third kappa shape index (κ3) is 5.40. The first-order chi connectivity index (χ1) is 17.4. The molecule has 2 atom stereocenters. The molecule has 7 nitrogen and oxygen atoms in total. The molecule has 2 aromatic carbocycles. The first-order valence-electron chi connectivity index (χ1n) is 12.6. The molecule has 1 aromatic heterocycles. The Morgan fingerprint density at radius 2 is 1.86 bits per heavy atom. The second-order valence-electron chi connectivity index (χ2n) is 9.25. The zero-order valence-corrected chi connectivity index (χ0v) is 21.1. The maximum absolute atomic E-state index is 13.7. The van der Waals surface area contributed by atoms with Crippen molar-refractivity contribution in [2.45, 2.75) is 65.0 Å². The lowest BCUT2D eigenvalue weighted by Crippen LogP contribution is -2.39. The van der Waals surface area contributed by atoms with E-state index in [2.05, 4.69) is 12.2 Å². The number of unbranched alkanes of at least 4 members (excludes halogenated alkanes) is 1. The van der Waals surface area contributed by atoms with Crippen LogP contribution < -0.4 is 20.3 Å². The van der Waals surface area contributed by atoms with Gasteiger partial charge in [-0.05, 0) is 43.0 Å². The van der Waals surface area contributed by atoms with Crippen molar-refractivity contribution in [1.82, 2.24) is 9.88 Å². The van der Waals surface area contributed by atoms with Crippen LogP contribution in [0.1, 0.15) is 73.9 Å². The lowest BCUT2D eigenvalue weighted by molar-refractivity contribution is -0.125. The van der Waals surface area contributed by atoms with Gasteiger partial charge in [0.25, 0.3) is 5.56 Å². The fourth-order valence-electron chi connectivity index (χ4n) is 4.63. The van der Waals surface area contributed by atoms with Crippen molar-refractivity contribution < 1.29 is 19.4 Å². The van der Waals surface area contributed by atoms with E-state index in [0.29, 0.717) is 41.9 Å². The van der Waals surface area contributed by atoms with Gasteiger partial charge in [-0.3, -0.25) is 9.59 Å². The molecule has 2 heterocycles. The number of aromatic hydroxyl groups is 1. The minimum absolute atomic E-state index is 0.0125. The van der Waals surface area contributed by atoms with Gasteiger partial charge in [-0.15, -0.1) is 0 Å². The van der Waals surface area contributed by atoms with Crippen molar-refractivity contribution in [2.75, 3.05) is 6.79 Å². The molecule has 1 aliphatic rings. The van der Waals surface area contributed by atoms with Crippen molar-refractivity contribution in [3.63, 3.8) is 0 Å². The second kappa shape index (κ2) is 11.3. The molecule has 4 rings (SSSR count). The summed E-state index contributed by atoms with van der Waals surface area (Å²) in [4.78, 5) is 27.3. The molecule has 2 N–H and O–H groups in total. The first-order valence-corrected chi connectivity index (χ1v) is 12.6. The number of benzene rings is 2. The van der Waals surface area contributed by atoms with E-state index >= 15 is 0 Å². The number of nitrogens with one attached hydrogen (secondary N) is 1. The highest BCUT2D eigenvalue weighted by Crippen LogP contribution is 2.35. The van der Waals surface area contributed by atoms with Crippen LogP contribution in [0.4, 0.5) is 0 Å². The summed E-state index contributed by atoms with van der Waals surface area (Å²) in [7, 11) is 0. The van der Waals surface area contributed by atoms with Crippen molar-refractivity contribution in [2.24, 2.45) is 0 Å². The highest BCUT2D eigenvalue weighted by atomic mass is 16.7. The fourth-order valence-corrected chi connectivity index (χ4v) is 4.63. The summed E-state index contributed by atoms with van der Waals surface area (Å²) in [6, 6.07) is 14.3. The van der Waals surface area contributed by atoms with Crippen LogP contribution in [0, 0.1) is 6.92 Å². The normalized spacial score (nSPS) is 13.9. The number of aromatic nitrogens is 1. The second-order valence-corrected chi connectivity index (χ2v) is 9.25. The average molecular weight is 491 g/mol. The summed E-state index contributed by atoms with van der Waals surface area (Å²) in [6.45, 7) is 6.01. The van der Waals surface area contributed by atoms with Gasteiger partial charge in [0.2, 0.25) is 12.7 Å². The largest absolute Gasteiger partial charge is 0.507 e. The Morgan fingerprint density at radius 3 is 2.58 bits per heavy atom. The van der Waals surface area contributed by atoms with E-state index in [-0.39, 0.29) is 30.1 Å². The summed E-state index contributed by atoms with van der Waals surface area (Å²) >= 11 is 0. The Kier molecular flexibility index (Phi) is 7.98. The number of carbonyl (C=O) groups excluding carboxylic acids is 1. The Morgan fingerprint density at radius 1 is 1.11 bits per heavy atom. The van der Waals surface area contributed by atoms with Gasteiger partial charge in [-0.1, -0.05) is 63.1 Å². The summed E-state index contributed by atoms with van der Waals surface area (Å²) < 4.78 is 12.4. The minimum atomic E-state index is -0.686. The summed E-state index contributed by atoms with van der Waals surface area (Å²) in [5.41, 5.74) is 2.37. The minimum Gasteiger partial charge on any atom is -0.507 e. The Labute approximate surface area is 211 Å². The number of amides is 1.